The number of rotatable bonds is 7. The summed E-state index contributed by atoms with van der Waals surface area (Å²) < 4.78 is 26.0. The summed E-state index contributed by atoms with van der Waals surface area (Å²) in [6.45, 7) is 54.5. The number of aliphatic hydroxyl groups is 8. The Morgan fingerprint density at radius 3 is 0.596 bits per heavy atom. The fraction of sp³-hybridized carbons (Fsp3) is 0.867. The van der Waals surface area contributed by atoms with Gasteiger partial charge in [-0.2, -0.15) is 0 Å². The first-order valence-electron chi connectivity index (χ1n) is 55.7. The third kappa shape index (κ3) is 17.5. The van der Waals surface area contributed by atoms with Crippen molar-refractivity contribution in [2.75, 3.05) is 39.6 Å². The van der Waals surface area contributed by atoms with Crippen molar-refractivity contribution in [3.05, 3.63) is 69.9 Å². The second-order valence-corrected chi connectivity index (χ2v) is 54.0. The summed E-state index contributed by atoms with van der Waals surface area (Å²) in [7, 11) is 0. The van der Waals surface area contributed by atoms with Crippen LogP contribution in [0.2, 0.25) is 0 Å². The minimum Gasteiger partial charge on any atom is -0.395 e. The van der Waals surface area contributed by atoms with Crippen molar-refractivity contribution in [2.24, 2.45) is 133 Å². The number of carbonyl (C=O) groups is 4. The number of aliphatic hydroxyl groups excluding tert-OH is 8. The van der Waals surface area contributed by atoms with Crippen molar-refractivity contribution in [3.8, 4) is 0 Å². The summed E-state index contributed by atoms with van der Waals surface area (Å²) in [5.74, 6) is 3.72. The highest BCUT2D eigenvalue weighted by Gasteiger charge is 2.72. The molecule has 2 heterocycles. The average molecular weight is 1890 g/mol. The van der Waals surface area contributed by atoms with E-state index in [-0.39, 0.29) is 148 Å². The van der Waals surface area contributed by atoms with Crippen LogP contribution in [0.1, 0.15) is 436 Å². The zero-order valence-corrected chi connectivity index (χ0v) is 90.2. The predicted molar refractivity (Wildman–Crippen MR) is 543 cm³/mol. The van der Waals surface area contributed by atoms with E-state index in [0.717, 1.165) is 180 Å². The average Bonchev–Trinajstić information content (AvgIpc) is 1.14. The first-order valence-corrected chi connectivity index (χ1v) is 55.7. The van der Waals surface area contributed by atoms with Gasteiger partial charge in [0.2, 0.25) is 0 Å². The van der Waals surface area contributed by atoms with Gasteiger partial charge in [0.15, 0.2) is 11.6 Å². The van der Waals surface area contributed by atoms with Gasteiger partial charge in [0, 0.05) is 104 Å². The minimum atomic E-state index is -0.593. The van der Waals surface area contributed by atoms with Crippen LogP contribution in [0.4, 0.5) is 0 Å². The Balaban J connectivity index is 0.000000129. The van der Waals surface area contributed by atoms with Gasteiger partial charge in [-0.3, -0.25) is 19.2 Å². The second-order valence-electron chi connectivity index (χ2n) is 54.0. The summed E-state index contributed by atoms with van der Waals surface area (Å²) >= 11 is 0. The summed E-state index contributed by atoms with van der Waals surface area (Å²) in [5.41, 5.74) is 9.27. The molecular formula is C120H194O16. The van der Waals surface area contributed by atoms with Crippen molar-refractivity contribution in [1.82, 2.24) is 0 Å². The number of hydrogen-bond donors (Lipinski definition) is 8. The van der Waals surface area contributed by atoms with E-state index in [1.807, 2.05) is 0 Å². The lowest BCUT2D eigenvalue weighted by molar-refractivity contribution is -0.295. The van der Waals surface area contributed by atoms with E-state index in [1.54, 1.807) is 25.0 Å². The molecule has 0 amide bonds. The molecule has 8 N–H and O–H groups in total. The maximum atomic E-state index is 12.4. The zero-order chi connectivity index (χ0) is 99.7. The molecule has 0 radical (unpaired) electrons. The Hall–Kier alpha value is -3.36. The first-order chi connectivity index (χ1) is 63.5. The van der Waals surface area contributed by atoms with Crippen LogP contribution in [-0.2, 0) is 38.1 Å². The minimum absolute atomic E-state index is 0.0277. The Morgan fingerprint density at radius 1 is 0.257 bits per heavy atom. The van der Waals surface area contributed by atoms with Crippen LogP contribution in [0, 0.1) is 133 Å². The smallest absolute Gasteiger partial charge is 0.174 e. The highest BCUT2D eigenvalue weighted by atomic mass is 16.8. The largest absolute Gasteiger partial charge is 0.395 e. The lowest BCUT2D eigenvalue weighted by Gasteiger charge is -2.64. The van der Waals surface area contributed by atoms with Crippen molar-refractivity contribution < 1.29 is 79.0 Å². The van der Waals surface area contributed by atoms with E-state index < -0.39 is 23.8 Å². The Morgan fingerprint density at radius 2 is 0.426 bits per heavy atom. The summed E-state index contributed by atoms with van der Waals surface area (Å²) in [6, 6.07) is 0. The molecule has 2 saturated heterocycles. The zero-order valence-electron chi connectivity index (χ0n) is 90.2. The number of allylic oxidation sites excluding steroid dienone is 6. The SMILES string of the molecule is CC1(C)C(=O)CCC2(C)C3=CCCCC3(CO)CC[C@@H]12.CC1(C)C(=O)CC[C@@]2(C)C3=CCCC[C@@]3(CO)CCC12.CC1(C)C(=O)CC[C@]2(C)C3=CCCC[C@]3(CO)CC[C@@H]12.CC1(C)C(=O)CC[C@]2(C)C3=CCCC[C@]3(CO)CC[C@@H]12.C[C@H](O)[C@@H](C)O.C[C@H]1OC2(CC[C@@]3(C)C4=CCCC[C@@]4(CO)CCC3C2(C)C)O[C@@H]1C.C[C@H]1OC2(CC[C@]3(C)C4=CCCC[C@]4(CO)CC[C@H]3C2(C)C)O[C@@H]1C. The topological polar surface area (TPSA) is 267 Å². The maximum absolute atomic E-state index is 12.4. The van der Waals surface area contributed by atoms with Gasteiger partial charge < -0.3 is 59.8 Å². The predicted octanol–water partition coefficient (Wildman–Crippen LogP) is 24.9. The van der Waals surface area contributed by atoms with Gasteiger partial charge in [0.1, 0.15) is 23.1 Å². The molecule has 24 atom stereocenters. The van der Waals surface area contributed by atoms with E-state index in [4.69, 9.17) is 29.2 Å². The molecule has 0 aromatic heterocycles. The molecule has 12 saturated carbocycles. The number of hydrogen-bond acceptors (Lipinski definition) is 16. The third-order valence-corrected chi connectivity index (χ3v) is 45.3. The van der Waals surface area contributed by atoms with Crippen molar-refractivity contribution in [3.63, 3.8) is 0 Å². The second kappa shape index (κ2) is 38.8. The summed E-state index contributed by atoms with van der Waals surface area (Å²) in [5, 5.41) is 77.6. The van der Waals surface area contributed by atoms with Crippen LogP contribution in [-0.4, -0.2) is 152 Å². The lowest BCUT2D eigenvalue weighted by atomic mass is 9.43. The number of fused-ring (bicyclic) bond motifs is 18. The fourth-order valence-electron chi connectivity index (χ4n) is 36.7. The van der Waals surface area contributed by atoms with E-state index in [1.165, 1.54) is 86.5 Å². The van der Waals surface area contributed by atoms with Gasteiger partial charge in [-0.05, 0) is 341 Å². The third-order valence-electron chi connectivity index (χ3n) is 45.3. The molecule has 0 bridgehead atoms. The van der Waals surface area contributed by atoms with Crippen LogP contribution in [0.5, 0.6) is 0 Å². The van der Waals surface area contributed by atoms with Crippen molar-refractivity contribution >= 4 is 23.1 Å². The number of ether oxygens (including phenoxy) is 4. The molecule has 4 unspecified atom stereocenters. The van der Waals surface area contributed by atoms with E-state index in [9.17, 15) is 49.8 Å². The molecule has 18 aliphatic carbocycles. The molecule has 770 valence electrons. The van der Waals surface area contributed by atoms with Crippen LogP contribution >= 0.6 is 0 Å². The number of carbonyl (C=O) groups excluding carboxylic acids is 4. The molecule has 16 heteroatoms. The van der Waals surface area contributed by atoms with Gasteiger partial charge >= 0.3 is 0 Å². The van der Waals surface area contributed by atoms with Gasteiger partial charge in [-0.15, -0.1) is 0 Å². The van der Waals surface area contributed by atoms with Gasteiger partial charge in [-0.1, -0.05) is 195 Å². The molecule has 20 aliphatic rings. The monoisotopic (exact) mass is 1890 g/mol. The molecule has 0 aromatic rings. The quantitative estimate of drug-likeness (QED) is 0.110. The van der Waals surface area contributed by atoms with Crippen LogP contribution in [0.25, 0.3) is 0 Å². The fourth-order valence-corrected chi connectivity index (χ4v) is 36.7. The Bertz CT molecular complexity index is 4070. The van der Waals surface area contributed by atoms with Crippen molar-refractivity contribution in [1.29, 1.82) is 0 Å². The highest BCUT2D eigenvalue weighted by molar-refractivity contribution is 5.88. The molecule has 2 aliphatic heterocycles. The molecule has 136 heavy (non-hydrogen) atoms. The van der Waals surface area contributed by atoms with Gasteiger partial charge in [0.25, 0.3) is 0 Å². The standard InChI is InChI=1S/2C22H36O3.4C18H28O2.C4H10O2/c2*1-15-16(2)25-22(24-15)13-12-20(5)17(19(22,3)4)9-11-21(14-23)10-7-6-8-18(20)21;4*1-16(2)13-7-11-18(12-19)9-5-4-6-14(18)17(13,3)10-8-15(16)20;1-3(5)4(2)6/h2*8,15-17,23H,6-7,9-14H2,1-5H3;4*6,13,19H,4-5,7-12H2,1-3H3;3-6H,1-2H3/t15-,16-,17?,20-,21+;15-,16-,17+,20+,21-;13?,17-,18+;13-,17?,18?;2*13-,17-,18+;3-,4+/m111000./s1. The highest BCUT2D eigenvalue weighted by Crippen LogP contribution is 2.75. The van der Waals surface area contributed by atoms with Crippen LogP contribution < -0.4 is 0 Å². The lowest BCUT2D eigenvalue weighted by Crippen LogP contribution is -2.62. The molecular weight excluding hydrogens is 1700 g/mol. The summed E-state index contributed by atoms with van der Waals surface area (Å²) in [6.07, 6.45) is 59.2. The Kier molecular flexibility index (Phi) is 30.9. The van der Waals surface area contributed by atoms with E-state index in [0.29, 0.717) is 97.5 Å². The van der Waals surface area contributed by atoms with Crippen molar-refractivity contribution in [2.45, 2.75) is 484 Å². The van der Waals surface area contributed by atoms with E-state index in [2.05, 4.69) is 189 Å². The molecule has 2 spiro atoms. The molecule has 16 nitrogen and oxygen atoms in total. The molecule has 14 fully saturated rings. The van der Waals surface area contributed by atoms with Gasteiger partial charge in [0.05, 0.1) is 76.3 Å². The van der Waals surface area contributed by atoms with E-state index >= 15 is 0 Å². The number of ketones is 4. The normalized spacial score (nSPS) is 44.1. The Labute approximate surface area is 823 Å². The first kappa shape index (κ1) is 108. The molecule has 20 rings (SSSR count). The maximum Gasteiger partial charge on any atom is 0.174 e. The number of Topliss-reactive ketones (excluding diaryl/α,β-unsaturated/α-hetero) is 4. The van der Waals surface area contributed by atoms with Crippen LogP contribution in [0.15, 0.2) is 69.9 Å². The molecule has 0 aromatic carbocycles. The van der Waals surface area contributed by atoms with Gasteiger partial charge in [-0.25, -0.2) is 0 Å². The summed E-state index contributed by atoms with van der Waals surface area (Å²) in [4.78, 5) is 49.4. The van der Waals surface area contributed by atoms with Crippen LogP contribution in [0.3, 0.4) is 0 Å².